The normalized spacial score (nSPS) is 25.7. The predicted molar refractivity (Wildman–Crippen MR) is 71.1 cm³/mol. The first-order valence-electron chi connectivity index (χ1n) is 6.78. The van der Waals surface area contributed by atoms with Crippen molar-refractivity contribution in [2.75, 3.05) is 26.9 Å². The second-order valence-corrected chi connectivity index (χ2v) is 5.50. The van der Waals surface area contributed by atoms with Gasteiger partial charge in [-0.25, -0.2) is 0 Å². The Kier molecular flexibility index (Phi) is 3.27. The van der Waals surface area contributed by atoms with Crippen LogP contribution in [0.1, 0.15) is 24.8 Å². The average molecular weight is 247 g/mol. The summed E-state index contributed by atoms with van der Waals surface area (Å²) in [6, 6.07) is 9.11. The summed E-state index contributed by atoms with van der Waals surface area (Å²) in [5, 5.41) is 3.59. The summed E-state index contributed by atoms with van der Waals surface area (Å²) < 4.78 is 10.8. The summed E-state index contributed by atoms with van der Waals surface area (Å²) in [6.45, 7) is 2.86. The highest BCUT2D eigenvalue weighted by Gasteiger charge is 2.42. The van der Waals surface area contributed by atoms with E-state index in [0.717, 1.165) is 19.0 Å². The Balaban J connectivity index is 1.80. The molecule has 0 saturated carbocycles. The quantitative estimate of drug-likeness (QED) is 0.884. The molecule has 98 valence electrons. The van der Waals surface area contributed by atoms with Crippen molar-refractivity contribution < 1.29 is 9.47 Å². The molecule has 1 aromatic rings. The first-order chi connectivity index (χ1) is 8.82. The van der Waals surface area contributed by atoms with E-state index >= 15 is 0 Å². The van der Waals surface area contributed by atoms with Crippen LogP contribution < -0.4 is 10.1 Å². The second kappa shape index (κ2) is 4.90. The fraction of sp³-hybridized carbons (Fsp3) is 0.600. The van der Waals surface area contributed by atoms with Gasteiger partial charge >= 0.3 is 0 Å². The van der Waals surface area contributed by atoms with Gasteiger partial charge in [0.05, 0.1) is 20.3 Å². The van der Waals surface area contributed by atoms with Crippen LogP contribution in [0.3, 0.4) is 0 Å². The summed E-state index contributed by atoms with van der Waals surface area (Å²) in [7, 11) is 1.72. The number of hydrogen-bond donors (Lipinski definition) is 1. The Labute approximate surface area is 108 Å². The van der Waals surface area contributed by atoms with Crippen LogP contribution in [0.15, 0.2) is 24.3 Å². The number of rotatable bonds is 4. The third kappa shape index (κ3) is 2.13. The molecule has 2 heterocycles. The Morgan fingerprint density at radius 1 is 1.44 bits per heavy atom. The summed E-state index contributed by atoms with van der Waals surface area (Å²) in [6.07, 6.45) is 3.78. The van der Waals surface area contributed by atoms with Gasteiger partial charge < -0.3 is 14.8 Å². The van der Waals surface area contributed by atoms with E-state index in [4.69, 9.17) is 9.47 Å². The van der Waals surface area contributed by atoms with Gasteiger partial charge in [0, 0.05) is 11.5 Å². The molecule has 18 heavy (non-hydrogen) atoms. The van der Waals surface area contributed by atoms with Crippen LogP contribution >= 0.6 is 0 Å². The Morgan fingerprint density at radius 3 is 2.94 bits per heavy atom. The van der Waals surface area contributed by atoms with Gasteiger partial charge in [-0.15, -0.1) is 0 Å². The molecule has 1 N–H and O–H groups in total. The van der Waals surface area contributed by atoms with Crippen molar-refractivity contribution in [1.82, 2.24) is 5.32 Å². The lowest BCUT2D eigenvalue weighted by molar-refractivity contribution is -0.0680. The largest absolute Gasteiger partial charge is 0.497 e. The highest BCUT2D eigenvalue weighted by Crippen LogP contribution is 2.39. The van der Waals surface area contributed by atoms with E-state index in [1.54, 1.807) is 7.11 Å². The number of benzene rings is 1. The van der Waals surface area contributed by atoms with Crippen molar-refractivity contribution >= 4 is 0 Å². The monoisotopic (exact) mass is 247 g/mol. The van der Waals surface area contributed by atoms with E-state index in [2.05, 4.69) is 23.5 Å². The Bertz CT molecular complexity index is 409. The molecule has 0 bridgehead atoms. The molecule has 0 radical (unpaired) electrons. The topological polar surface area (TPSA) is 30.5 Å². The van der Waals surface area contributed by atoms with Gasteiger partial charge in [-0.3, -0.25) is 0 Å². The molecule has 1 aromatic carbocycles. The lowest BCUT2D eigenvalue weighted by Crippen LogP contribution is -2.50. The molecule has 0 spiro atoms. The minimum atomic E-state index is 0.205. The number of nitrogens with one attached hydrogen (secondary N) is 1. The standard InChI is InChI=1S/C15H21NO2/c1-17-14-6-2-4-12(8-14)15(10-18-11-15)9-13-5-3-7-16-13/h2,4,6,8,13,16H,3,5,7,9-11H2,1H3. The number of methoxy groups -OCH3 is 1. The van der Waals surface area contributed by atoms with Crippen LogP contribution in [0.4, 0.5) is 0 Å². The fourth-order valence-corrected chi connectivity index (χ4v) is 3.11. The van der Waals surface area contributed by atoms with E-state index in [1.165, 1.54) is 31.4 Å². The van der Waals surface area contributed by atoms with Gasteiger partial charge in [0.15, 0.2) is 0 Å². The Hall–Kier alpha value is -1.06. The van der Waals surface area contributed by atoms with Crippen LogP contribution in [0.5, 0.6) is 5.75 Å². The third-order valence-corrected chi connectivity index (χ3v) is 4.24. The van der Waals surface area contributed by atoms with Crippen LogP contribution in [0.2, 0.25) is 0 Å². The van der Waals surface area contributed by atoms with Crippen molar-refractivity contribution in [2.24, 2.45) is 0 Å². The van der Waals surface area contributed by atoms with Crippen molar-refractivity contribution in [3.63, 3.8) is 0 Å². The molecule has 0 aromatic heterocycles. The van der Waals surface area contributed by atoms with Crippen LogP contribution in [0.25, 0.3) is 0 Å². The van der Waals surface area contributed by atoms with Gasteiger partial charge in [0.25, 0.3) is 0 Å². The molecule has 0 aliphatic carbocycles. The molecule has 3 heteroatoms. The van der Waals surface area contributed by atoms with E-state index in [1.807, 2.05) is 6.07 Å². The minimum absolute atomic E-state index is 0.205. The van der Waals surface area contributed by atoms with Gasteiger partial charge in [-0.1, -0.05) is 12.1 Å². The molecule has 2 aliphatic rings. The van der Waals surface area contributed by atoms with Crippen molar-refractivity contribution in [1.29, 1.82) is 0 Å². The molecule has 1 unspecified atom stereocenters. The summed E-state index contributed by atoms with van der Waals surface area (Å²) >= 11 is 0. The first kappa shape index (κ1) is 12.0. The van der Waals surface area contributed by atoms with E-state index in [0.29, 0.717) is 6.04 Å². The molecular formula is C15H21NO2. The maximum Gasteiger partial charge on any atom is 0.119 e. The maximum atomic E-state index is 5.51. The summed E-state index contributed by atoms with van der Waals surface area (Å²) in [5.74, 6) is 0.943. The highest BCUT2D eigenvalue weighted by atomic mass is 16.5. The van der Waals surface area contributed by atoms with Gasteiger partial charge in [-0.05, 0) is 43.5 Å². The fourth-order valence-electron chi connectivity index (χ4n) is 3.11. The van der Waals surface area contributed by atoms with E-state index < -0.39 is 0 Å². The third-order valence-electron chi connectivity index (χ3n) is 4.24. The Morgan fingerprint density at radius 2 is 2.33 bits per heavy atom. The molecule has 3 nitrogen and oxygen atoms in total. The lowest BCUT2D eigenvalue weighted by Gasteiger charge is -2.43. The molecular weight excluding hydrogens is 226 g/mol. The molecule has 2 saturated heterocycles. The molecule has 3 rings (SSSR count). The number of ether oxygens (including phenoxy) is 2. The van der Waals surface area contributed by atoms with Gasteiger partial charge in [0.1, 0.15) is 5.75 Å². The summed E-state index contributed by atoms with van der Waals surface area (Å²) in [4.78, 5) is 0. The zero-order chi connectivity index (χ0) is 12.4. The average Bonchev–Trinajstić information content (AvgIpc) is 2.86. The molecule has 2 fully saturated rings. The van der Waals surface area contributed by atoms with Gasteiger partial charge in [0.2, 0.25) is 0 Å². The first-order valence-corrected chi connectivity index (χ1v) is 6.78. The van der Waals surface area contributed by atoms with E-state index in [9.17, 15) is 0 Å². The highest BCUT2D eigenvalue weighted by molar-refractivity contribution is 5.35. The van der Waals surface area contributed by atoms with Crippen LogP contribution in [0, 0.1) is 0 Å². The summed E-state index contributed by atoms with van der Waals surface area (Å²) in [5.41, 5.74) is 1.57. The SMILES string of the molecule is COc1cccc(C2(CC3CCCN3)COC2)c1. The van der Waals surface area contributed by atoms with Crippen molar-refractivity contribution in [3.8, 4) is 5.75 Å². The zero-order valence-electron chi connectivity index (χ0n) is 10.9. The molecule has 0 amide bonds. The molecule has 2 aliphatic heterocycles. The smallest absolute Gasteiger partial charge is 0.119 e. The van der Waals surface area contributed by atoms with Crippen molar-refractivity contribution in [3.05, 3.63) is 29.8 Å². The van der Waals surface area contributed by atoms with E-state index in [-0.39, 0.29) is 5.41 Å². The minimum Gasteiger partial charge on any atom is -0.497 e. The van der Waals surface area contributed by atoms with Crippen LogP contribution in [-0.4, -0.2) is 32.9 Å². The maximum absolute atomic E-state index is 5.51. The molecule has 1 atom stereocenters. The zero-order valence-corrected chi connectivity index (χ0v) is 10.9. The lowest BCUT2D eigenvalue weighted by atomic mass is 9.73. The van der Waals surface area contributed by atoms with Crippen molar-refractivity contribution in [2.45, 2.75) is 30.7 Å². The van der Waals surface area contributed by atoms with Crippen LogP contribution in [-0.2, 0) is 10.2 Å². The number of hydrogen-bond acceptors (Lipinski definition) is 3. The predicted octanol–water partition coefficient (Wildman–Crippen LogP) is 2.11. The second-order valence-electron chi connectivity index (χ2n) is 5.50. The van der Waals surface area contributed by atoms with Gasteiger partial charge in [-0.2, -0.15) is 0 Å².